The van der Waals surface area contributed by atoms with Gasteiger partial charge in [0, 0.05) is 11.1 Å². The van der Waals surface area contributed by atoms with E-state index in [2.05, 4.69) is 0 Å². The summed E-state index contributed by atoms with van der Waals surface area (Å²) in [5.41, 5.74) is 2.33. The Labute approximate surface area is 154 Å². The van der Waals surface area contributed by atoms with Crippen LogP contribution in [0.4, 0.5) is 13.2 Å². The second-order valence-electron chi connectivity index (χ2n) is 6.68. The van der Waals surface area contributed by atoms with Gasteiger partial charge in [0.2, 0.25) is 0 Å². The van der Waals surface area contributed by atoms with Gasteiger partial charge >= 0.3 is 0 Å². The zero-order valence-electron chi connectivity index (χ0n) is 15.6. The van der Waals surface area contributed by atoms with Crippen molar-refractivity contribution in [2.24, 2.45) is 0 Å². The zero-order valence-corrected chi connectivity index (χ0v) is 15.6. The number of benzene rings is 2. The Morgan fingerprint density at radius 1 is 0.885 bits per heavy atom. The average Bonchev–Trinajstić information content (AvgIpc) is 2.64. The van der Waals surface area contributed by atoms with Crippen LogP contribution >= 0.6 is 0 Å². The topological polar surface area (TPSA) is 0 Å². The molecule has 0 heterocycles. The average molecular weight is 360 g/mol. The van der Waals surface area contributed by atoms with Crippen LogP contribution < -0.4 is 0 Å². The molecule has 26 heavy (non-hydrogen) atoms. The van der Waals surface area contributed by atoms with Gasteiger partial charge in [-0.1, -0.05) is 44.9 Å². The number of halogens is 3. The summed E-state index contributed by atoms with van der Waals surface area (Å²) < 4.78 is 42.4. The molecule has 0 nitrogen and oxygen atoms in total. The summed E-state index contributed by atoms with van der Waals surface area (Å²) in [6.45, 7) is 4.00. The van der Waals surface area contributed by atoms with Crippen molar-refractivity contribution in [3.8, 4) is 0 Å². The van der Waals surface area contributed by atoms with Gasteiger partial charge in [0.15, 0.2) is 0 Å². The van der Waals surface area contributed by atoms with Crippen molar-refractivity contribution in [1.82, 2.24) is 0 Å². The van der Waals surface area contributed by atoms with Gasteiger partial charge in [-0.25, -0.2) is 13.2 Å². The first kappa shape index (κ1) is 20.3. The summed E-state index contributed by atoms with van der Waals surface area (Å²) >= 11 is 0. The molecular formula is C23H27F3. The predicted octanol–water partition coefficient (Wildman–Crippen LogP) is 7.20. The minimum absolute atomic E-state index is 0.181. The Morgan fingerprint density at radius 2 is 1.58 bits per heavy atom. The fourth-order valence-corrected chi connectivity index (χ4v) is 2.95. The third-order valence-corrected chi connectivity index (χ3v) is 4.50. The van der Waals surface area contributed by atoms with Gasteiger partial charge in [-0.2, -0.15) is 0 Å². The minimum atomic E-state index is -0.462. The number of unbranched alkanes of at least 4 members (excludes halogenated alkanes) is 2. The van der Waals surface area contributed by atoms with Crippen molar-refractivity contribution in [3.05, 3.63) is 76.4 Å². The molecule has 3 heteroatoms. The molecule has 0 aliphatic carbocycles. The Kier molecular flexibility index (Phi) is 7.96. The Balaban J connectivity index is 2.07. The second kappa shape index (κ2) is 10.2. The van der Waals surface area contributed by atoms with Crippen LogP contribution in [0, 0.1) is 11.6 Å². The molecule has 2 aromatic carbocycles. The van der Waals surface area contributed by atoms with Crippen molar-refractivity contribution < 1.29 is 13.2 Å². The summed E-state index contributed by atoms with van der Waals surface area (Å²) in [6, 6.07) is 10.1. The zero-order chi connectivity index (χ0) is 18.9. The molecule has 0 atom stereocenters. The largest absolute Gasteiger partial charge is 0.207 e. The molecule has 0 radical (unpaired) electrons. The summed E-state index contributed by atoms with van der Waals surface area (Å²) in [7, 11) is 0. The molecule has 0 spiro atoms. The van der Waals surface area contributed by atoms with Crippen LogP contribution in [0.1, 0.15) is 61.8 Å². The van der Waals surface area contributed by atoms with Gasteiger partial charge in [-0.3, -0.25) is 0 Å². The fraction of sp³-hybridized carbons (Fsp3) is 0.391. The van der Waals surface area contributed by atoms with E-state index in [4.69, 9.17) is 0 Å². The van der Waals surface area contributed by atoms with Gasteiger partial charge in [-0.15, -0.1) is 0 Å². The number of aryl methyl sites for hydroxylation is 2. The maximum atomic E-state index is 14.2. The molecule has 0 aliphatic rings. The number of hydrogen-bond acceptors (Lipinski definition) is 0. The van der Waals surface area contributed by atoms with Gasteiger partial charge in [0.1, 0.15) is 17.5 Å². The SMILES string of the molecule is CCC/C=C(/F)c1cccc(CCc2cc(F)c(CCCC)c(F)c2)c1. The highest BCUT2D eigenvalue weighted by atomic mass is 19.1. The van der Waals surface area contributed by atoms with E-state index in [0.29, 0.717) is 36.8 Å². The Bertz CT molecular complexity index is 724. The van der Waals surface area contributed by atoms with E-state index in [-0.39, 0.29) is 11.4 Å². The molecule has 0 bridgehead atoms. The van der Waals surface area contributed by atoms with E-state index in [1.165, 1.54) is 12.1 Å². The van der Waals surface area contributed by atoms with Crippen LogP contribution in [-0.2, 0) is 19.3 Å². The Hall–Kier alpha value is -2.03. The molecular weight excluding hydrogens is 333 g/mol. The minimum Gasteiger partial charge on any atom is -0.207 e. The maximum absolute atomic E-state index is 14.2. The normalized spacial score (nSPS) is 11.8. The summed E-state index contributed by atoms with van der Waals surface area (Å²) in [6.07, 6.45) is 6.45. The molecule has 2 aromatic rings. The lowest BCUT2D eigenvalue weighted by atomic mass is 9.99. The Morgan fingerprint density at radius 3 is 2.23 bits per heavy atom. The van der Waals surface area contributed by atoms with Crippen LogP contribution in [0.5, 0.6) is 0 Å². The third-order valence-electron chi connectivity index (χ3n) is 4.50. The van der Waals surface area contributed by atoms with E-state index >= 15 is 0 Å². The quantitative estimate of drug-likeness (QED) is 0.443. The fourth-order valence-electron chi connectivity index (χ4n) is 2.95. The highest BCUT2D eigenvalue weighted by Gasteiger charge is 2.11. The van der Waals surface area contributed by atoms with Crippen molar-refractivity contribution in [1.29, 1.82) is 0 Å². The summed E-state index contributed by atoms with van der Waals surface area (Å²) in [5.74, 6) is -1.14. The molecule has 0 amide bonds. The van der Waals surface area contributed by atoms with E-state index in [0.717, 1.165) is 24.8 Å². The van der Waals surface area contributed by atoms with Crippen LogP contribution in [0.2, 0.25) is 0 Å². The lowest BCUT2D eigenvalue weighted by molar-refractivity contribution is 0.545. The smallest absolute Gasteiger partial charge is 0.129 e. The van der Waals surface area contributed by atoms with Gasteiger partial charge in [-0.05, 0) is 67.5 Å². The van der Waals surface area contributed by atoms with E-state index in [9.17, 15) is 13.2 Å². The van der Waals surface area contributed by atoms with Gasteiger partial charge < -0.3 is 0 Å². The monoisotopic (exact) mass is 360 g/mol. The highest BCUT2D eigenvalue weighted by Crippen LogP contribution is 2.21. The first-order valence-corrected chi connectivity index (χ1v) is 9.46. The number of rotatable bonds is 9. The van der Waals surface area contributed by atoms with Crippen LogP contribution in [0.3, 0.4) is 0 Å². The van der Waals surface area contributed by atoms with Gasteiger partial charge in [0.05, 0.1) is 0 Å². The van der Waals surface area contributed by atoms with Gasteiger partial charge in [0.25, 0.3) is 0 Å². The van der Waals surface area contributed by atoms with E-state index in [1.54, 1.807) is 12.1 Å². The molecule has 0 saturated carbocycles. The lowest BCUT2D eigenvalue weighted by Crippen LogP contribution is -2.00. The molecule has 0 aliphatic heterocycles. The summed E-state index contributed by atoms with van der Waals surface area (Å²) in [5, 5.41) is 0. The lowest BCUT2D eigenvalue weighted by Gasteiger charge is -2.09. The molecule has 0 fully saturated rings. The standard InChI is InChI=1S/C23H27F3/c1-3-5-10-20-22(25)15-18(16-23(20)26)13-12-17-8-7-9-19(14-17)21(24)11-6-4-2/h7-9,11,14-16H,3-6,10,12-13H2,1-2H3/b21-11+. The molecule has 0 unspecified atom stereocenters. The number of allylic oxidation sites excluding steroid dienone is 1. The van der Waals surface area contributed by atoms with Crippen LogP contribution in [-0.4, -0.2) is 0 Å². The van der Waals surface area contributed by atoms with Crippen LogP contribution in [0.25, 0.3) is 5.83 Å². The molecule has 140 valence electrons. The molecule has 0 aromatic heterocycles. The van der Waals surface area contributed by atoms with E-state index in [1.807, 2.05) is 32.0 Å². The molecule has 0 saturated heterocycles. The van der Waals surface area contributed by atoms with Crippen molar-refractivity contribution in [2.75, 3.05) is 0 Å². The molecule has 0 N–H and O–H groups in total. The predicted molar refractivity (Wildman–Crippen MR) is 103 cm³/mol. The summed E-state index contributed by atoms with van der Waals surface area (Å²) in [4.78, 5) is 0. The van der Waals surface area contributed by atoms with E-state index < -0.39 is 11.6 Å². The maximum Gasteiger partial charge on any atom is 0.129 e. The van der Waals surface area contributed by atoms with Crippen LogP contribution in [0.15, 0.2) is 42.5 Å². The number of hydrogen-bond donors (Lipinski definition) is 0. The van der Waals surface area contributed by atoms with Crippen molar-refractivity contribution in [3.63, 3.8) is 0 Å². The van der Waals surface area contributed by atoms with Crippen molar-refractivity contribution in [2.45, 2.75) is 58.8 Å². The first-order valence-electron chi connectivity index (χ1n) is 9.46. The first-order chi connectivity index (χ1) is 12.5. The van der Waals surface area contributed by atoms with Crippen molar-refractivity contribution >= 4 is 5.83 Å². The molecule has 2 rings (SSSR count). The third kappa shape index (κ3) is 5.76. The highest BCUT2D eigenvalue weighted by molar-refractivity contribution is 5.59. The second-order valence-corrected chi connectivity index (χ2v) is 6.68.